The van der Waals surface area contributed by atoms with Crippen molar-refractivity contribution >= 4 is 23.3 Å². The van der Waals surface area contributed by atoms with Crippen LogP contribution >= 0.6 is 12.4 Å². The van der Waals surface area contributed by atoms with E-state index < -0.39 is 28.8 Å². The number of benzene rings is 2. The molecule has 37 heavy (non-hydrogen) atoms. The lowest BCUT2D eigenvalue weighted by atomic mass is 10.1. The maximum Gasteiger partial charge on any atom is 0.418 e. The monoisotopic (exact) mass is 537 g/mol. The minimum absolute atomic E-state index is 0. The molecule has 0 amide bonds. The molecule has 6 nitrogen and oxygen atoms in total. The Morgan fingerprint density at radius 2 is 1.70 bits per heavy atom. The van der Waals surface area contributed by atoms with E-state index in [-0.39, 0.29) is 63.1 Å². The van der Waals surface area contributed by atoms with E-state index in [0.717, 1.165) is 18.2 Å². The lowest BCUT2D eigenvalue weighted by molar-refractivity contribution is -0.138. The highest BCUT2D eigenvalue weighted by atomic mass is 35.5. The molecule has 2 heterocycles. The molecule has 0 unspecified atom stereocenters. The Balaban J connectivity index is 0.00000380. The summed E-state index contributed by atoms with van der Waals surface area (Å²) in [5, 5.41) is 9.55. The first-order valence-electron chi connectivity index (χ1n) is 10.3. The van der Waals surface area contributed by atoms with Gasteiger partial charge in [-0.1, -0.05) is 0 Å². The molecule has 0 bridgehead atoms. The van der Waals surface area contributed by atoms with Crippen LogP contribution in [0.25, 0.3) is 16.6 Å². The molecule has 0 N–H and O–H groups in total. The van der Waals surface area contributed by atoms with Crippen molar-refractivity contribution in [2.45, 2.75) is 20.0 Å². The highest BCUT2D eigenvalue weighted by Crippen LogP contribution is 2.40. The van der Waals surface area contributed by atoms with E-state index in [9.17, 15) is 32.0 Å². The van der Waals surface area contributed by atoms with E-state index in [0.29, 0.717) is 6.20 Å². The Bertz CT molecular complexity index is 1630. The quantitative estimate of drug-likeness (QED) is 0.282. The standard InChI is InChI=1S/C25H16F5N3O3.ClH/c1-12-15(25(28,29)30)11-32-24(36-19-6-4-16(26)22(27)13(19)2)23(12)33-9-8-18(34)21-14(10-31)20(35-3)7-5-17(21)33;/h4-9,11H,1-3H3;1H. The number of hydrogen-bond donors (Lipinski definition) is 0. The Morgan fingerprint density at radius 3 is 2.32 bits per heavy atom. The summed E-state index contributed by atoms with van der Waals surface area (Å²) in [5.41, 5.74) is -2.41. The van der Waals surface area contributed by atoms with Crippen LogP contribution in [0.5, 0.6) is 17.4 Å². The number of methoxy groups -OCH3 is 1. The Labute approximate surface area is 212 Å². The zero-order valence-corrected chi connectivity index (χ0v) is 20.2. The molecule has 0 saturated carbocycles. The zero-order chi connectivity index (χ0) is 26.4. The number of nitriles is 1. The van der Waals surface area contributed by atoms with Gasteiger partial charge in [-0.15, -0.1) is 12.4 Å². The Kier molecular flexibility index (Phi) is 7.46. The molecule has 0 radical (unpaired) electrons. The van der Waals surface area contributed by atoms with Crippen LogP contribution in [-0.4, -0.2) is 16.7 Å². The number of aromatic nitrogens is 2. The third kappa shape index (κ3) is 4.68. The number of hydrogen-bond acceptors (Lipinski definition) is 5. The summed E-state index contributed by atoms with van der Waals surface area (Å²) in [6.07, 6.45) is -3.00. The smallest absolute Gasteiger partial charge is 0.418 e. The van der Waals surface area contributed by atoms with Gasteiger partial charge >= 0.3 is 6.18 Å². The lowest BCUT2D eigenvalue weighted by Gasteiger charge is -2.21. The predicted octanol–water partition coefficient (Wildman–Crippen LogP) is 6.39. The van der Waals surface area contributed by atoms with Gasteiger partial charge in [0, 0.05) is 24.0 Å². The molecule has 192 valence electrons. The van der Waals surface area contributed by atoms with E-state index in [1.807, 2.05) is 6.07 Å². The van der Waals surface area contributed by atoms with Crippen molar-refractivity contribution in [2.75, 3.05) is 7.11 Å². The SMILES string of the molecule is COc1ccc2c(c1C#N)c(=O)ccn2-c1c(Oc2ccc(F)c(F)c2C)ncc(C(F)(F)F)c1C.Cl. The van der Waals surface area contributed by atoms with Crippen LogP contribution in [0.1, 0.15) is 22.3 Å². The summed E-state index contributed by atoms with van der Waals surface area (Å²) >= 11 is 0. The number of halogens is 6. The fourth-order valence-corrected chi connectivity index (χ4v) is 3.87. The summed E-state index contributed by atoms with van der Waals surface area (Å²) in [5.74, 6) is -2.74. The average Bonchev–Trinajstić information content (AvgIpc) is 2.83. The predicted molar refractivity (Wildman–Crippen MR) is 127 cm³/mol. The molecule has 2 aromatic carbocycles. The Hall–Kier alpha value is -4.17. The normalized spacial score (nSPS) is 11.1. The second kappa shape index (κ2) is 10.1. The van der Waals surface area contributed by atoms with Crippen LogP contribution in [-0.2, 0) is 6.18 Å². The van der Waals surface area contributed by atoms with Crippen molar-refractivity contribution in [3.8, 4) is 29.1 Å². The van der Waals surface area contributed by atoms with E-state index in [1.54, 1.807) is 0 Å². The van der Waals surface area contributed by atoms with Gasteiger partial charge in [0.25, 0.3) is 0 Å². The van der Waals surface area contributed by atoms with E-state index >= 15 is 0 Å². The van der Waals surface area contributed by atoms with E-state index in [1.165, 1.54) is 43.9 Å². The van der Waals surface area contributed by atoms with Gasteiger partial charge in [-0.05, 0) is 43.7 Å². The number of fused-ring (bicyclic) bond motifs is 1. The maximum atomic E-state index is 14.1. The van der Waals surface area contributed by atoms with Gasteiger partial charge in [0.05, 0.1) is 23.6 Å². The highest BCUT2D eigenvalue weighted by Gasteiger charge is 2.35. The van der Waals surface area contributed by atoms with Crippen LogP contribution in [0.4, 0.5) is 22.0 Å². The van der Waals surface area contributed by atoms with Gasteiger partial charge in [0.1, 0.15) is 28.8 Å². The van der Waals surface area contributed by atoms with Crippen molar-refractivity contribution in [2.24, 2.45) is 0 Å². The van der Waals surface area contributed by atoms with Crippen molar-refractivity contribution in [3.63, 3.8) is 0 Å². The fraction of sp³-hybridized carbons (Fsp3) is 0.160. The molecule has 0 atom stereocenters. The summed E-state index contributed by atoms with van der Waals surface area (Å²) < 4.78 is 81.1. The van der Waals surface area contributed by atoms with Gasteiger partial charge in [-0.2, -0.15) is 18.4 Å². The third-order valence-electron chi connectivity index (χ3n) is 5.67. The molecule has 0 aliphatic rings. The molecule has 0 fully saturated rings. The molecule has 4 aromatic rings. The molecular formula is C25H17ClF5N3O3. The maximum absolute atomic E-state index is 14.1. The van der Waals surface area contributed by atoms with Gasteiger partial charge in [-0.25, -0.2) is 13.8 Å². The highest BCUT2D eigenvalue weighted by molar-refractivity contribution is 5.89. The second-order valence-corrected chi connectivity index (χ2v) is 7.73. The van der Waals surface area contributed by atoms with Crippen molar-refractivity contribution < 1.29 is 31.4 Å². The second-order valence-electron chi connectivity index (χ2n) is 7.73. The number of alkyl halides is 3. The zero-order valence-electron chi connectivity index (χ0n) is 19.4. The topological polar surface area (TPSA) is 77.1 Å². The first-order chi connectivity index (χ1) is 17.0. The first kappa shape index (κ1) is 27.4. The van der Waals surface area contributed by atoms with Crippen LogP contribution < -0.4 is 14.9 Å². The molecule has 0 aliphatic carbocycles. The summed E-state index contributed by atoms with van der Waals surface area (Å²) in [6.45, 7) is 2.42. The number of pyridine rings is 2. The van der Waals surface area contributed by atoms with Gasteiger partial charge in [0.2, 0.25) is 5.88 Å². The van der Waals surface area contributed by atoms with Crippen molar-refractivity contribution in [3.05, 3.63) is 86.8 Å². The average molecular weight is 538 g/mol. The molecule has 2 aromatic heterocycles. The van der Waals surface area contributed by atoms with Gasteiger partial charge in [0.15, 0.2) is 17.1 Å². The molecule has 12 heteroatoms. The van der Waals surface area contributed by atoms with Crippen molar-refractivity contribution in [1.29, 1.82) is 5.26 Å². The molecule has 4 rings (SSSR count). The number of nitrogens with zero attached hydrogens (tertiary/aromatic N) is 3. The van der Waals surface area contributed by atoms with E-state index in [2.05, 4.69) is 4.98 Å². The lowest BCUT2D eigenvalue weighted by Crippen LogP contribution is -2.15. The summed E-state index contributed by atoms with van der Waals surface area (Å²) in [6, 6.07) is 7.70. The Morgan fingerprint density at radius 1 is 1.03 bits per heavy atom. The van der Waals surface area contributed by atoms with Crippen LogP contribution in [0.3, 0.4) is 0 Å². The summed E-state index contributed by atoms with van der Waals surface area (Å²) in [4.78, 5) is 16.5. The van der Waals surface area contributed by atoms with Crippen molar-refractivity contribution in [1.82, 2.24) is 9.55 Å². The molecule has 0 saturated heterocycles. The van der Waals surface area contributed by atoms with Gasteiger partial charge in [-0.3, -0.25) is 4.79 Å². The fourth-order valence-electron chi connectivity index (χ4n) is 3.87. The van der Waals surface area contributed by atoms with Crippen LogP contribution in [0.2, 0.25) is 0 Å². The molecule has 0 spiro atoms. The minimum atomic E-state index is -4.78. The van der Waals surface area contributed by atoms with Crippen LogP contribution in [0.15, 0.2) is 47.5 Å². The summed E-state index contributed by atoms with van der Waals surface area (Å²) in [7, 11) is 1.31. The number of rotatable bonds is 4. The largest absolute Gasteiger partial charge is 0.495 e. The molecule has 0 aliphatic heterocycles. The number of ether oxygens (including phenoxy) is 2. The van der Waals surface area contributed by atoms with Gasteiger partial charge < -0.3 is 14.0 Å². The van der Waals surface area contributed by atoms with E-state index in [4.69, 9.17) is 9.47 Å². The first-order valence-corrected chi connectivity index (χ1v) is 10.3. The third-order valence-corrected chi connectivity index (χ3v) is 5.67. The van der Waals surface area contributed by atoms with Crippen LogP contribution in [0, 0.1) is 36.8 Å². The molecular weight excluding hydrogens is 521 g/mol. The minimum Gasteiger partial charge on any atom is -0.495 e.